The highest BCUT2D eigenvalue weighted by Gasteiger charge is 2.30. The van der Waals surface area contributed by atoms with Crippen LogP contribution in [0.25, 0.3) is 0 Å². The number of aryl methyl sites for hydroxylation is 2. The van der Waals surface area contributed by atoms with Gasteiger partial charge in [0.2, 0.25) is 5.91 Å². The molecule has 1 aromatic carbocycles. The van der Waals surface area contributed by atoms with E-state index in [9.17, 15) is 13.2 Å². The van der Waals surface area contributed by atoms with Crippen LogP contribution in [-0.4, -0.2) is 31.8 Å². The summed E-state index contributed by atoms with van der Waals surface area (Å²) in [4.78, 5) is 12.4. The number of carbonyl (C=O) groups is 1. The minimum Gasteiger partial charge on any atom is -0.495 e. The van der Waals surface area contributed by atoms with Crippen LogP contribution in [0.5, 0.6) is 5.75 Å². The number of hydrogen-bond donors (Lipinski definition) is 1. The summed E-state index contributed by atoms with van der Waals surface area (Å²) in [5, 5.41) is 5.45. The van der Waals surface area contributed by atoms with E-state index < -0.39 is 21.0 Å². The SMILES string of the molecule is COc1cc(Cl)c(C)cc1NC(=O)[C@H](C)S(=O)(=O)Cc1cc(C)on1. The Hall–Kier alpha value is -2.06. The normalized spacial score (nSPS) is 12.7. The topological polar surface area (TPSA) is 98.5 Å². The molecule has 1 atom stereocenters. The van der Waals surface area contributed by atoms with E-state index in [-0.39, 0.29) is 11.4 Å². The van der Waals surface area contributed by atoms with Gasteiger partial charge >= 0.3 is 0 Å². The minimum absolute atomic E-state index is 0.261. The summed E-state index contributed by atoms with van der Waals surface area (Å²) in [6.45, 7) is 4.76. The molecule has 1 heterocycles. The molecule has 0 spiro atoms. The maximum absolute atomic E-state index is 12.4. The summed E-state index contributed by atoms with van der Waals surface area (Å²) in [6, 6.07) is 4.71. The van der Waals surface area contributed by atoms with Crippen LogP contribution in [0.1, 0.15) is 23.9 Å². The number of benzene rings is 1. The summed E-state index contributed by atoms with van der Waals surface area (Å²) in [7, 11) is -2.32. The molecular weight excluding hydrogens is 368 g/mol. The zero-order chi connectivity index (χ0) is 18.8. The van der Waals surface area contributed by atoms with Crippen molar-refractivity contribution in [1.82, 2.24) is 5.16 Å². The lowest BCUT2D eigenvalue weighted by molar-refractivity contribution is -0.115. The number of nitrogens with one attached hydrogen (secondary N) is 1. The summed E-state index contributed by atoms with van der Waals surface area (Å²) in [5.41, 5.74) is 1.34. The average Bonchev–Trinajstić information content (AvgIpc) is 2.93. The Kier molecular flexibility index (Phi) is 5.74. The lowest BCUT2D eigenvalue weighted by Gasteiger charge is -2.15. The van der Waals surface area contributed by atoms with Gasteiger partial charge in [-0.3, -0.25) is 4.79 Å². The molecule has 0 unspecified atom stereocenters. The van der Waals surface area contributed by atoms with E-state index >= 15 is 0 Å². The van der Waals surface area contributed by atoms with E-state index in [0.29, 0.717) is 22.2 Å². The molecular formula is C16H19ClN2O5S. The first-order valence-corrected chi connectivity index (χ1v) is 9.52. The number of aromatic nitrogens is 1. The van der Waals surface area contributed by atoms with Crippen LogP contribution in [0.15, 0.2) is 22.7 Å². The van der Waals surface area contributed by atoms with Crippen LogP contribution in [0.3, 0.4) is 0 Å². The van der Waals surface area contributed by atoms with Gasteiger partial charge in [0, 0.05) is 17.2 Å². The van der Waals surface area contributed by atoms with Crippen LogP contribution < -0.4 is 10.1 Å². The fraction of sp³-hybridized carbons (Fsp3) is 0.375. The van der Waals surface area contributed by atoms with Crippen molar-refractivity contribution in [3.05, 3.63) is 40.2 Å². The molecule has 1 aromatic heterocycles. The van der Waals surface area contributed by atoms with E-state index in [1.807, 2.05) is 0 Å². The third-order valence-electron chi connectivity index (χ3n) is 3.67. The van der Waals surface area contributed by atoms with E-state index in [0.717, 1.165) is 5.56 Å². The molecule has 1 N–H and O–H groups in total. The fourth-order valence-corrected chi connectivity index (χ4v) is 3.48. The van der Waals surface area contributed by atoms with E-state index in [2.05, 4.69) is 10.5 Å². The zero-order valence-corrected chi connectivity index (χ0v) is 15.9. The Morgan fingerprint density at radius 2 is 2.04 bits per heavy atom. The van der Waals surface area contributed by atoms with Gasteiger partial charge in [-0.15, -0.1) is 0 Å². The second kappa shape index (κ2) is 7.45. The van der Waals surface area contributed by atoms with Crippen LogP contribution in [-0.2, 0) is 20.4 Å². The van der Waals surface area contributed by atoms with Gasteiger partial charge in [0.05, 0.1) is 24.2 Å². The zero-order valence-electron chi connectivity index (χ0n) is 14.3. The van der Waals surface area contributed by atoms with Crippen molar-refractivity contribution in [3.8, 4) is 5.75 Å². The number of sulfone groups is 1. The van der Waals surface area contributed by atoms with Gasteiger partial charge in [-0.25, -0.2) is 8.42 Å². The molecule has 0 saturated heterocycles. The number of rotatable bonds is 6. The molecule has 1 amide bonds. The summed E-state index contributed by atoms with van der Waals surface area (Å²) in [6.07, 6.45) is 0. The van der Waals surface area contributed by atoms with Crippen molar-refractivity contribution in [3.63, 3.8) is 0 Å². The second-order valence-electron chi connectivity index (χ2n) is 5.67. The van der Waals surface area contributed by atoms with Crippen LogP contribution >= 0.6 is 11.6 Å². The maximum Gasteiger partial charge on any atom is 0.242 e. The Labute approximate surface area is 151 Å². The Morgan fingerprint density at radius 3 is 2.60 bits per heavy atom. The molecule has 0 bridgehead atoms. The average molecular weight is 387 g/mol. The highest BCUT2D eigenvalue weighted by atomic mass is 35.5. The van der Waals surface area contributed by atoms with E-state index in [1.54, 1.807) is 26.0 Å². The number of amides is 1. The first kappa shape index (κ1) is 19.3. The number of halogens is 1. The van der Waals surface area contributed by atoms with Crippen LogP contribution in [0.4, 0.5) is 5.69 Å². The highest BCUT2D eigenvalue weighted by molar-refractivity contribution is 7.92. The standard InChI is InChI=1S/C16H19ClN2O5S/c1-9-5-14(15(23-4)7-13(9)17)18-16(20)11(3)25(21,22)8-12-6-10(2)24-19-12/h5-7,11H,8H2,1-4H3,(H,18,20)/t11-/m0/s1. The molecule has 2 rings (SSSR count). The van der Waals surface area contributed by atoms with Crippen molar-refractivity contribution in [2.75, 3.05) is 12.4 Å². The number of ether oxygens (including phenoxy) is 1. The Bertz CT molecular complexity index is 892. The first-order valence-electron chi connectivity index (χ1n) is 7.43. The molecule has 9 heteroatoms. The van der Waals surface area contributed by atoms with Gasteiger partial charge in [0.25, 0.3) is 0 Å². The van der Waals surface area contributed by atoms with E-state index in [1.165, 1.54) is 20.1 Å². The monoisotopic (exact) mass is 386 g/mol. The largest absolute Gasteiger partial charge is 0.495 e. The molecule has 2 aromatic rings. The van der Waals surface area contributed by atoms with E-state index in [4.69, 9.17) is 20.9 Å². The molecule has 0 aliphatic heterocycles. The minimum atomic E-state index is -3.76. The molecule has 25 heavy (non-hydrogen) atoms. The highest BCUT2D eigenvalue weighted by Crippen LogP contribution is 2.31. The van der Waals surface area contributed by atoms with Crippen molar-refractivity contribution in [2.24, 2.45) is 0 Å². The van der Waals surface area contributed by atoms with Crippen molar-refractivity contribution in [2.45, 2.75) is 31.8 Å². The molecule has 0 saturated carbocycles. The number of carbonyl (C=O) groups excluding carboxylic acids is 1. The van der Waals surface area contributed by atoms with Crippen molar-refractivity contribution in [1.29, 1.82) is 0 Å². The number of nitrogens with zero attached hydrogens (tertiary/aromatic N) is 1. The molecule has 136 valence electrons. The number of hydrogen-bond acceptors (Lipinski definition) is 6. The second-order valence-corrected chi connectivity index (χ2v) is 8.40. The quantitative estimate of drug-likeness (QED) is 0.819. The fourth-order valence-electron chi connectivity index (χ4n) is 2.14. The van der Waals surface area contributed by atoms with Crippen LogP contribution in [0, 0.1) is 13.8 Å². The van der Waals surface area contributed by atoms with Gasteiger partial charge in [0.15, 0.2) is 9.84 Å². The van der Waals surface area contributed by atoms with Gasteiger partial charge in [-0.1, -0.05) is 16.8 Å². The Morgan fingerprint density at radius 1 is 1.36 bits per heavy atom. The third-order valence-corrected chi connectivity index (χ3v) is 6.07. The summed E-state index contributed by atoms with van der Waals surface area (Å²) in [5.74, 6) is -0.194. The third kappa shape index (κ3) is 4.52. The number of methoxy groups -OCH3 is 1. The first-order chi connectivity index (χ1) is 11.6. The molecule has 0 radical (unpaired) electrons. The molecule has 7 nitrogen and oxygen atoms in total. The number of anilines is 1. The predicted molar refractivity (Wildman–Crippen MR) is 94.7 cm³/mol. The van der Waals surface area contributed by atoms with Gasteiger partial charge in [-0.05, 0) is 32.4 Å². The van der Waals surface area contributed by atoms with Crippen LogP contribution in [0.2, 0.25) is 5.02 Å². The molecule has 0 fully saturated rings. The Balaban J connectivity index is 2.18. The van der Waals surface area contributed by atoms with Gasteiger partial charge in [0.1, 0.15) is 16.8 Å². The summed E-state index contributed by atoms with van der Waals surface area (Å²) >= 11 is 6.02. The molecule has 0 aliphatic carbocycles. The smallest absolute Gasteiger partial charge is 0.242 e. The molecule has 0 aliphatic rings. The lowest BCUT2D eigenvalue weighted by Crippen LogP contribution is -2.33. The predicted octanol–water partition coefficient (Wildman–Crippen LogP) is 2.90. The summed E-state index contributed by atoms with van der Waals surface area (Å²) < 4.78 is 34.9. The lowest BCUT2D eigenvalue weighted by atomic mass is 10.2. The van der Waals surface area contributed by atoms with Gasteiger partial charge in [-0.2, -0.15) is 0 Å². The van der Waals surface area contributed by atoms with Crippen molar-refractivity contribution >= 4 is 33.0 Å². The van der Waals surface area contributed by atoms with Gasteiger partial charge < -0.3 is 14.6 Å². The van der Waals surface area contributed by atoms with Crippen molar-refractivity contribution < 1.29 is 22.5 Å². The maximum atomic E-state index is 12.4.